The van der Waals surface area contributed by atoms with Crippen LogP contribution in [-0.2, 0) is 6.42 Å². The number of aliphatic hydroxyl groups is 1. The van der Waals surface area contributed by atoms with Crippen LogP contribution >= 0.6 is 11.6 Å². The molecule has 0 radical (unpaired) electrons. The highest BCUT2D eigenvalue weighted by atomic mass is 35.5. The highest BCUT2D eigenvalue weighted by Gasteiger charge is 2.39. The van der Waals surface area contributed by atoms with Crippen molar-refractivity contribution < 1.29 is 18.3 Å². The lowest BCUT2D eigenvalue weighted by Crippen LogP contribution is -2.45. The Morgan fingerprint density at radius 3 is 2.26 bits per heavy atom. The summed E-state index contributed by atoms with van der Waals surface area (Å²) < 4.78 is 39.4. The second-order valence-corrected chi connectivity index (χ2v) is 5.57. The average Bonchev–Trinajstić information content (AvgIpc) is 2.51. The summed E-state index contributed by atoms with van der Waals surface area (Å²) >= 11 is 5.74. The van der Waals surface area contributed by atoms with Gasteiger partial charge in [0.25, 0.3) is 0 Å². The zero-order chi connectivity index (χ0) is 16.9. The fourth-order valence-electron chi connectivity index (χ4n) is 2.11. The summed E-state index contributed by atoms with van der Waals surface area (Å²) in [5.41, 5.74) is 1.03. The van der Waals surface area contributed by atoms with Crippen molar-refractivity contribution in [3.05, 3.63) is 64.9 Å². The molecule has 2 unspecified atom stereocenters. The molecule has 0 amide bonds. The molecule has 0 bridgehead atoms. The van der Waals surface area contributed by atoms with Crippen molar-refractivity contribution in [2.75, 3.05) is 6.54 Å². The molecule has 1 aromatic heterocycles. The molecule has 0 fully saturated rings. The second kappa shape index (κ2) is 7.77. The van der Waals surface area contributed by atoms with Crippen LogP contribution in [0.15, 0.2) is 48.8 Å². The molecule has 2 atom stereocenters. The monoisotopic (exact) mass is 344 g/mol. The van der Waals surface area contributed by atoms with Gasteiger partial charge in [-0.15, -0.1) is 0 Å². The third-order valence-electron chi connectivity index (χ3n) is 3.40. The number of nitrogens with one attached hydrogen (secondary N) is 1. The minimum atomic E-state index is -4.41. The van der Waals surface area contributed by atoms with Gasteiger partial charge in [0.15, 0.2) is 0 Å². The maximum atomic E-state index is 13.1. The summed E-state index contributed by atoms with van der Waals surface area (Å²) in [6, 6.07) is 7.66. The molecule has 0 aliphatic carbocycles. The van der Waals surface area contributed by atoms with Crippen molar-refractivity contribution >= 4 is 11.6 Å². The maximum Gasteiger partial charge on any atom is 0.404 e. The lowest BCUT2D eigenvalue weighted by Gasteiger charge is -2.23. The van der Waals surface area contributed by atoms with Gasteiger partial charge < -0.3 is 10.4 Å². The van der Waals surface area contributed by atoms with Crippen molar-refractivity contribution in [2.45, 2.75) is 24.7 Å². The molecule has 2 N–H and O–H groups in total. The van der Waals surface area contributed by atoms with Crippen LogP contribution in [-0.4, -0.2) is 28.9 Å². The molecule has 2 aromatic rings. The number of hydrogen-bond donors (Lipinski definition) is 2. The van der Waals surface area contributed by atoms with Crippen LogP contribution in [0, 0.1) is 0 Å². The van der Waals surface area contributed by atoms with Gasteiger partial charge >= 0.3 is 6.18 Å². The number of aromatic nitrogens is 1. The third-order valence-corrected chi connectivity index (χ3v) is 3.65. The molecule has 2 rings (SSSR count). The van der Waals surface area contributed by atoms with E-state index in [1.165, 1.54) is 24.5 Å². The van der Waals surface area contributed by atoms with Gasteiger partial charge in [-0.2, -0.15) is 13.2 Å². The zero-order valence-corrected chi connectivity index (χ0v) is 12.8. The van der Waals surface area contributed by atoms with Gasteiger partial charge in [-0.3, -0.25) is 4.98 Å². The van der Waals surface area contributed by atoms with Crippen LogP contribution < -0.4 is 5.32 Å². The molecule has 0 saturated heterocycles. The van der Waals surface area contributed by atoms with Gasteiger partial charge in [-0.25, -0.2) is 0 Å². The fourth-order valence-corrected chi connectivity index (χ4v) is 2.24. The van der Waals surface area contributed by atoms with Crippen molar-refractivity contribution in [3.63, 3.8) is 0 Å². The Kier molecular flexibility index (Phi) is 5.98. The molecule has 23 heavy (non-hydrogen) atoms. The summed E-state index contributed by atoms with van der Waals surface area (Å²) in [6.45, 7) is -0.211. The van der Waals surface area contributed by atoms with Gasteiger partial charge in [0.2, 0.25) is 0 Å². The standard InChI is InChI=1S/C16H16ClF3N2O/c17-13-3-1-12(2-4-13)14(23)10-22-15(16(18,19)20)9-11-5-7-21-8-6-11/h1-8,14-15,22-23H,9-10H2. The molecular weight excluding hydrogens is 329 g/mol. The van der Waals surface area contributed by atoms with E-state index in [-0.39, 0.29) is 13.0 Å². The first-order valence-corrected chi connectivity index (χ1v) is 7.36. The number of benzene rings is 1. The lowest BCUT2D eigenvalue weighted by atomic mass is 10.1. The van der Waals surface area contributed by atoms with Crippen molar-refractivity contribution in [1.82, 2.24) is 10.3 Å². The first kappa shape index (κ1) is 17.7. The Bertz CT molecular complexity index is 605. The number of alkyl halides is 3. The average molecular weight is 345 g/mol. The van der Waals surface area contributed by atoms with Crippen LogP contribution in [0.25, 0.3) is 0 Å². The van der Waals surface area contributed by atoms with Crippen molar-refractivity contribution in [1.29, 1.82) is 0 Å². The number of aliphatic hydroxyl groups excluding tert-OH is 1. The van der Waals surface area contributed by atoms with Crippen LogP contribution in [0.3, 0.4) is 0 Å². The highest BCUT2D eigenvalue weighted by molar-refractivity contribution is 6.30. The first-order valence-electron chi connectivity index (χ1n) is 6.99. The quantitative estimate of drug-likeness (QED) is 0.842. The van der Waals surface area contributed by atoms with Crippen molar-refractivity contribution in [3.8, 4) is 0 Å². The Balaban J connectivity index is 1.99. The third kappa shape index (κ3) is 5.49. The predicted octanol–water partition coefficient (Wildman–Crippen LogP) is 3.53. The van der Waals surface area contributed by atoms with Gasteiger partial charge in [0, 0.05) is 24.0 Å². The van der Waals surface area contributed by atoms with E-state index in [0.29, 0.717) is 16.1 Å². The molecular formula is C16H16ClF3N2O. The molecule has 7 heteroatoms. The molecule has 1 heterocycles. The molecule has 0 aliphatic rings. The topological polar surface area (TPSA) is 45.1 Å². The van der Waals surface area contributed by atoms with Gasteiger partial charge in [-0.05, 0) is 41.8 Å². The van der Waals surface area contributed by atoms with E-state index in [2.05, 4.69) is 10.3 Å². The number of rotatable bonds is 6. The van der Waals surface area contributed by atoms with E-state index in [4.69, 9.17) is 11.6 Å². The van der Waals surface area contributed by atoms with E-state index in [1.54, 1.807) is 24.3 Å². The largest absolute Gasteiger partial charge is 0.404 e. The fraction of sp³-hybridized carbons (Fsp3) is 0.312. The van der Waals surface area contributed by atoms with Crippen LogP contribution in [0.5, 0.6) is 0 Å². The Morgan fingerprint density at radius 2 is 1.70 bits per heavy atom. The summed E-state index contributed by atoms with van der Waals surface area (Å²) in [5, 5.41) is 12.9. The van der Waals surface area contributed by atoms with Gasteiger partial charge in [0.05, 0.1) is 6.10 Å². The van der Waals surface area contributed by atoms with Crippen LogP contribution in [0.1, 0.15) is 17.2 Å². The first-order chi connectivity index (χ1) is 10.9. The Hall–Kier alpha value is -1.63. The van der Waals surface area contributed by atoms with E-state index in [0.717, 1.165) is 0 Å². The zero-order valence-electron chi connectivity index (χ0n) is 12.1. The molecule has 3 nitrogen and oxygen atoms in total. The normalized spacial score (nSPS) is 14.5. The van der Waals surface area contributed by atoms with Gasteiger partial charge in [-0.1, -0.05) is 23.7 Å². The summed E-state index contributed by atoms with van der Waals surface area (Å²) in [7, 11) is 0. The number of pyridine rings is 1. The SMILES string of the molecule is OC(CNC(Cc1ccncc1)C(F)(F)F)c1ccc(Cl)cc1. The van der Waals surface area contributed by atoms with E-state index < -0.39 is 18.3 Å². The summed E-state index contributed by atoms with van der Waals surface area (Å²) in [4.78, 5) is 3.78. The maximum absolute atomic E-state index is 13.1. The molecule has 1 aromatic carbocycles. The molecule has 0 aliphatic heterocycles. The predicted molar refractivity (Wildman–Crippen MR) is 82.2 cm³/mol. The number of halogens is 4. The summed E-state index contributed by atoms with van der Waals surface area (Å²) in [6.07, 6.45) is -2.78. The van der Waals surface area contributed by atoms with Gasteiger partial charge in [0.1, 0.15) is 6.04 Å². The molecule has 0 spiro atoms. The minimum absolute atomic E-state index is 0.211. The number of nitrogens with zero attached hydrogens (tertiary/aromatic N) is 1. The molecule has 124 valence electrons. The Morgan fingerprint density at radius 1 is 1.09 bits per heavy atom. The van der Waals surface area contributed by atoms with Crippen LogP contribution in [0.4, 0.5) is 13.2 Å². The van der Waals surface area contributed by atoms with E-state index in [9.17, 15) is 18.3 Å². The smallest absolute Gasteiger partial charge is 0.387 e. The summed E-state index contributed by atoms with van der Waals surface area (Å²) in [5.74, 6) is 0. The van der Waals surface area contributed by atoms with E-state index >= 15 is 0 Å². The van der Waals surface area contributed by atoms with E-state index in [1.807, 2.05) is 0 Å². The minimum Gasteiger partial charge on any atom is -0.387 e. The molecule has 0 saturated carbocycles. The van der Waals surface area contributed by atoms with Crippen molar-refractivity contribution in [2.24, 2.45) is 0 Å². The number of hydrogen-bond acceptors (Lipinski definition) is 3. The van der Waals surface area contributed by atoms with Crippen LogP contribution in [0.2, 0.25) is 5.02 Å². The highest BCUT2D eigenvalue weighted by Crippen LogP contribution is 2.24. The lowest BCUT2D eigenvalue weighted by molar-refractivity contribution is -0.156. The second-order valence-electron chi connectivity index (χ2n) is 5.13. The Labute approximate surface area is 137 Å².